The van der Waals surface area contributed by atoms with Gasteiger partial charge in [0.25, 0.3) is 0 Å². The summed E-state index contributed by atoms with van der Waals surface area (Å²) in [6.07, 6.45) is 4.15. The zero-order chi connectivity index (χ0) is 20.8. The Balaban J connectivity index is 1.29. The Hall–Kier alpha value is -3.42. The minimum atomic E-state index is 0.108. The predicted octanol–water partition coefficient (Wildman–Crippen LogP) is 2.81. The van der Waals surface area contributed by atoms with E-state index in [1.165, 1.54) is 0 Å². The molecule has 2 aromatic heterocycles. The van der Waals surface area contributed by atoms with Crippen LogP contribution in [0.2, 0.25) is 0 Å². The summed E-state index contributed by atoms with van der Waals surface area (Å²) in [5, 5.41) is 3.99. The normalized spacial score (nSPS) is 14.0. The zero-order valence-corrected chi connectivity index (χ0v) is 17.0. The number of anilines is 1. The summed E-state index contributed by atoms with van der Waals surface area (Å²) in [5.74, 6) is 1.98. The first-order valence-electron chi connectivity index (χ1n) is 10.2. The van der Waals surface area contributed by atoms with Gasteiger partial charge in [-0.3, -0.25) is 9.78 Å². The van der Waals surface area contributed by atoms with E-state index >= 15 is 0 Å². The van der Waals surface area contributed by atoms with Gasteiger partial charge < -0.3 is 19.1 Å². The van der Waals surface area contributed by atoms with Crippen LogP contribution < -0.4 is 9.64 Å². The number of pyridine rings is 1. The molecule has 156 valence electrons. The number of ether oxygens (including phenoxy) is 1. The molecule has 1 aliphatic heterocycles. The van der Waals surface area contributed by atoms with Crippen LogP contribution in [0.1, 0.15) is 19.2 Å². The van der Waals surface area contributed by atoms with Crippen LogP contribution in [0, 0.1) is 0 Å². The first-order chi connectivity index (χ1) is 14.7. The first-order valence-corrected chi connectivity index (χ1v) is 10.2. The van der Waals surface area contributed by atoms with Crippen molar-refractivity contribution in [3.63, 3.8) is 0 Å². The highest BCUT2D eigenvalue weighted by Crippen LogP contribution is 2.29. The molecule has 0 atom stereocenters. The summed E-state index contributed by atoms with van der Waals surface area (Å²) in [7, 11) is 0. The van der Waals surface area contributed by atoms with Crippen molar-refractivity contribution in [2.75, 3.05) is 37.7 Å². The van der Waals surface area contributed by atoms with Gasteiger partial charge in [0.2, 0.25) is 17.6 Å². The Labute approximate surface area is 175 Å². The molecule has 8 heteroatoms. The van der Waals surface area contributed by atoms with E-state index in [0.717, 1.165) is 30.1 Å². The average Bonchev–Trinajstić information content (AvgIpc) is 3.28. The number of para-hydroxylation sites is 2. The molecule has 0 radical (unpaired) electrons. The second-order valence-electron chi connectivity index (χ2n) is 7.02. The van der Waals surface area contributed by atoms with Crippen molar-refractivity contribution in [2.24, 2.45) is 0 Å². The van der Waals surface area contributed by atoms with Gasteiger partial charge in [-0.2, -0.15) is 4.98 Å². The Bertz CT molecular complexity index is 968. The van der Waals surface area contributed by atoms with Gasteiger partial charge in [-0.05, 0) is 31.2 Å². The van der Waals surface area contributed by atoms with Crippen LogP contribution in [0.5, 0.6) is 5.75 Å². The average molecular weight is 407 g/mol. The number of rotatable bonds is 7. The van der Waals surface area contributed by atoms with Gasteiger partial charge in [0.15, 0.2) is 0 Å². The Morgan fingerprint density at radius 1 is 1.10 bits per heavy atom. The lowest BCUT2D eigenvalue weighted by atomic mass is 10.2. The molecule has 1 aromatic carbocycles. The summed E-state index contributed by atoms with van der Waals surface area (Å²) in [4.78, 5) is 25.2. The maximum atomic E-state index is 12.6. The van der Waals surface area contributed by atoms with Crippen LogP contribution >= 0.6 is 0 Å². The van der Waals surface area contributed by atoms with E-state index in [2.05, 4.69) is 26.1 Å². The molecule has 30 heavy (non-hydrogen) atoms. The number of piperazine rings is 1. The second-order valence-corrected chi connectivity index (χ2v) is 7.02. The number of carbonyl (C=O) groups is 1. The van der Waals surface area contributed by atoms with Gasteiger partial charge in [0.05, 0.1) is 12.3 Å². The monoisotopic (exact) mass is 407 g/mol. The van der Waals surface area contributed by atoms with Crippen LogP contribution in [-0.4, -0.2) is 58.7 Å². The van der Waals surface area contributed by atoms with Crippen molar-refractivity contribution in [2.45, 2.75) is 19.8 Å². The number of benzene rings is 1. The van der Waals surface area contributed by atoms with Gasteiger partial charge in [-0.1, -0.05) is 17.3 Å². The van der Waals surface area contributed by atoms with Crippen molar-refractivity contribution in [3.8, 4) is 17.1 Å². The highest BCUT2D eigenvalue weighted by molar-refractivity contribution is 5.76. The number of amides is 1. The van der Waals surface area contributed by atoms with Crippen molar-refractivity contribution < 1.29 is 14.1 Å². The molecule has 0 aliphatic carbocycles. The third kappa shape index (κ3) is 4.59. The summed E-state index contributed by atoms with van der Waals surface area (Å²) in [6.45, 7) is 5.55. The molecular weight excluding hydrogens is 382 g/mol. The van der Waals surface area contributed by atoms with Crippen molar-refractivity contribution in [3.05, 3.63) is 54.7 Å². The SMILES string of the molecule is CCOc1ccccc1N1CCN(C(=O)CCc2nc(-c3ccncc3)no2)CC1. The smallest absolute Gasteiger partial charge is 0.227 e. The fourth-order valence-electron chi connectivity index (χ4n) is 3.54. The number of hydrogen-bond acceptors (Lipinski definition) is 7. The zero-order valence-electron chi connectivity index (χ0n) is 17.0. The number of nitrogens with zero attached hydrogens (tertiary/aromatic N) is 5. The lowest BCUT2D eigenvalue weighted by Crippen LogP contribution is -2.49. The molecule has 0 N–H and O–H groups in total. The van der Waals surface area contributed by atoms with Crippen LogP contribution in [0.4, 0.5) is 5.69 Å². The summed E-state index contributed by atoms with van der Waals surface area (Å²) < 4.78 is 11.0. The molecule has 0 saturated carbocycles. The predicted molar refractivity (Wildman–Crippen MR) is 112 cm³/mol. The number of aromatic nitrogens is 3. The van der Waals surface area contributed by atoms with E-state index in [9.17, 15) is 4.79 Å². The van der Waals surface area contributed by atoms with E-state index in [1.54, 1.807) is 12.4 Å². The molecule has 4 rings (SSSR count). The molecule has 1 fully saturated rings. The molecule has 1 aliphatic rings. The van der Waals surface area contributed by atoms with Crippen molar-refractivity contribution in [1.29, 1.82) is 0 Å². The lowest BCUT2D eigenvalue weighted by Gasteiger charge is -2.36. The quantitative estimate of drug-likeness (QED) is 0.595. The first kappa shape index (κ1) is 19.9. The molecule has 8 nitrogen and oxygen atoms in total. The number of aryl methyl sites for hydroxylation is 1. The number of hydrogen-bond donors (Lipinski definition) is 0. The topological polar surface area (TPSA) is 84.6 Å². The van der Waals surface area contributed by atoms with E-state index in [0.29, 0.717) is 44.3 Å². The summed E-state index contributed by atoms with van der Waals surface area (Å²) in [6, 6.07) is 11.7. The Kier molecular flexibility index (Phi) is 6.22. The fraction of sp³-hybridized carbons (Fsp3) is 0.364. The molecule has 3 aromatic rings. The minimum Gasteiger partial charge on any atom is -0.492 e. The van der Waals surface area contributed by atoms with Crippen molar-refractivity contribution in [1.82, 2.24) is 20.0 Å². The molecule has 3 heterocycles. The molecule has 0 unspecified atom stereocenters. The highest BCUT2D eigenvalue weighted by atomic mass is 16.5. The molecule has 0 bridgehead atoms. The van der Waals surface area contributed by atoms with Crippen LogP contribution in [0.15, 0.2) is 53.3 Å². The minimum absolute atomic E-state index is 0.108. The summed E-state index contributed by atoms with van der Waals surface area (Å²) >= 11 is 0. The molecule has 0 spiro atoms. The van der Waals surface area contributed by atoms with Crippen LogP contribution in [0.3, 0.4) is 0 Å². The number of carbonyl (C=O) groups excluding carboxylic acids is 1. The Morgan fingerprint density at radius 3 is 2.63 bits per heavy atom. The van der Waals surface area contributed by atoms with Gasteiger partial charge in [-0.25, -0.2) is 0 Å². The fourth-order valence-corrected chi connectivity index (χ4v) is 3.54. The second kappa shape index (κ2) is 9.39. The third-order valence-electron chi connectivity index (χ3n) is 5.10. The van der Waals surface area contributed by atoms with Crippen LogP contribution in [0.25, 0.3) is 11.4 Å². The van der Waals surface area contributed by atoms with Gasteiger partial charge >= 0.3 is 0 Å². The largest absolute Gasteiger partial charge is 0.492 e. The molecular formula is C22H25N5O3. The van der Waals surface area contributed by atoms with Gasteiger partial charge in [0, 0.05) is 57.0 Å². The van der Waals surface area contributed by atoms with Crippen molar-refractivity contribution >= 4 is 11.6 Å². The molecule has 1 amide bonds. The maximum Gasteiger partial charge on any atom is 0.227 e. The third-order valence-corrected chi connectivity index (χ3v) is 5.10. The van der Waals surface area contributed by atoms with Gasteiger partial charge in [0.1, 0.15) is 5.75 Å². The highest BCUT2D eigenvalue weighted by Gasteiger charge is 2.23. The lowest BCUT2D eigenvalue weighted by molar-refractivity contribution is -0.131. The van der Waals surface area contributed by atoms with Gasteiger partial charge in [-0.15, -0.1) is 0 Å². The summed E-state index contributed by atoms with van der Waals surface area (Å²) in [5.41, 5.74) is 1.93. The van der Waals surface area contributed by atoms with E-state index < -0.39 is 0 Å². The standard InChI is InChI=1S/C22H25N5O3/c1-2-29-19-6-4-3-5-18(19)26-13-15-27(16-14-26)21(28)8-7-20-24-22(25-30-20)17-9-11-23-12-10-17/h3-6,9-12H,2,7-8,13-16H2,1H3. The van der Waals surface area contributed by atoms with E-state index in [-0.39, 0.29) is 5.91 Å². The van der Waals surface area contributed by atoms with Crippen LogP contribution in [-0.2, 0) is 11.2 Å². The molecule has 1 saturated heterocycles. The Morgan fingerprint density at radius 2 is 1.87 bits per heavy atom. The maximum absolute atomic E-state index is 12.6. The van der Waals surface area contributed by atoms with E-state index in [4.69, 9.17) is 9.26 Å². The van der Waals surface area contributed by atoms with E-state index in [1.807, 2.05) is 42.2 Å².